The van der Waals surface area contributed by atoms with Crippen LogP contribution in [0.2, 0.25) is 0 Å². The average Bonchev–Trinajstić information content (AvgIpc) is 3.19. The molecule has 0 fully saturated rings. The number of carbonyl (C=O) groups excluding carboxylic acids is 2. The highest BCUT2D eigenvalue weighted by atomic mass is 32.2. The van der Waals surface area contributed by atoms with Crippen LogP contribution in [0.3, 0.4) is 0 Å². The molecule has 0 aliphatic carbocycles. The molecule has 3 N–H and O–H groups in total. The summed E-state index contributed by atoms with van der Waals surface area (Å²) in [5.74, 6) is -0.775. The Morgan fingerprint density at radius 1 is 1.10 bits per heavy atom. The molecule has 2 amide bonds. The van der Waals surface area contributed by atoms with Crippen molar-refractivity contribution in [2.45, 2.75) is 20.0 Å². The van der Waals surface area contributed by atoms with Crippen LogP contribution in [-0.2, 0) is 27.9 Å². The number of anilines is 2. The van der Waals surface area contributed by atoms with E-state index in [1.165, 1.54) is 25.1 Å². The van der Waals surface area contributed by atoms with Crippen molar-refractivity contribution in [3.8, 4) is 0 Å². The molecule has 1 heterocycles. The van der Waals surface area contributed by atoms with Crippen molar-refractivity contribution < 1.29 is 18.0 Å². The van der Waals surface area contributed by atoms with E-state index in [1.807, 2.05) is 35.0 Å². The number of nitrogens with zero attached hydrogens (tertiary/aromatic N) is 2. The zero-order valence-electron chi connectivity index (χ0n) is 17.1. The molecule has 0 saturated heterocycles. The van der Waals surface area contributed by atoms with E-state index in [2.05, 4.69) is 20.3 Å². The quantitative estimate of drug-likeness (QED) is 0.495. The standard InChI is InChI=1S/C21H23N5O4S/c1-15(27)24-18-6-7-20(25-31(2,29)30)19(11-18)21(28)23-12-16-4-3-5-17(10-16)13-26-9-8-22-14-26/h3-11,14,25H,12-13H2,1-2H3,(H,23,28)(H,24,27). The molecule has 0 saturated carbocycles. The van der Waals surface area contributed by atoms with E-state index < -0.39 is 15.9 Å². The van der Waals surface area contributed by atoms with Gasteiger partial charge in [-0.15, -0.1) is 0 Å². The Balaban J connectivity index is 1.76. The topological polar surface area (TPSA) is 122 Å². The van der Waals surface area contributed by atoms with Gasteiger partial charge in [0.05, 0.1) is 23.8 Å². The summed E-state index contributed by atoms with van der Waals surface area (Å²) in [6.45, 7) is 2.25. The van der Waals surface area contributed by atoms with Crippen molar-refractivity contribution in [3.63, 3.8) is 0 Å². The van der Waals surface area contributed by atoms with Crippen molar-refractivity contribution in [1.29, 1.82) is 0 Å². The van der Waals surface area contributed by atoms with Crippen molar-refractivity contribution in [3.05, 3.63) is 77.9 Å². The predicted octanol–water partition coefficient (Wildman–Crippen LogP) is 2.19. The Labute approximate surface area is 180 Å². The van der Waals surface area contributed by atoms with Crippen molar-refractivity contribution >= 4 is 33.2 Å². The number of aromatic nitrogens is 2. The summed E-state index contributed by atoms with van der Waals surface area (Å²) in [6, 6.07) is 12.1. The van der Waals surface area contributed by atoms with Crippen molar-refractivity contribution in [1.82, 2.24) is 14.9 Å². The molecule has 0 aliphatic rings. The number of sulfonamides is 1. The first-order valence-corrected chi connectivity index (χ1v) is 11.3. The minimum absolute atomic E-state index is 0.103. The molecular formula is C21H23N5O4S. The summed E-state index contributed by atoms with van der Waals surface area (Å²) in [4.78, 5) is 28.2. The van der Waals surface area contributed by atoms with Gasteiger partial charge in [-0.1, -0.05) is 24.3 Å². The minimum atomic E-state index is -3.59. The average molecular weight is 442 g/mol. The predicted molar refractivity (Wildman–Crippen MR) is 118 cm³/mol. The lowest BCUT2D eigenvalue weighted by atomic mass is 10.1. The van der Waals surface area contributed by atoms with Crippen molar-refractivity contribution in [2.75, 3.05) is 16.3 Å². The van der Waals surface area contributed by atoms with Gasteiger partial charge in [-0.25, -0.2) is 13.4 Å². The largest absolute Gasteiger partial charge is 0.348 e. The maximum atomic E-state index is 12.8. The van der Waals surface area contributed by atoms with Gasteiger partial charge >= 0.3 is 0 Å². The molecule has 0 aliphatic heterocycles. The summed E-state index contributed by atoms with van der Waals surface area (Å²) in [5.41, 5.74) is 2.56. The molecule has 0 spiro atoms. The Kier molecular flexibility index (Phi) is 6.71. The zero-order chi connectivity index (χ0) is 22.4. The first-order valence-electron chi connectivity index (χ1n) is 9.41. The summed E-state index contributed by atoms with van der Waals surface area (Å²) in [5, 5.41) is 5.39. The Morgan fingerprint density at radius 3 is 2.55 bits per heavy atom. The van der Waals surface area contributed by atoms with Crippen LogP contribution in [0.1, 0.15) is 28.4 Å². The number of nitrogens with one attached hydrogen (secondary N) is 3. The number of carbonyl (C=O) groups is 2. The van der Waals surface area contributed by atoms with Gasteiger partial charge in [-0.05, 0) is 29.3 Å². The molecule has 3 rings (SSSR count). The second-order valence-corrected chi connectivity index (χ2v) is 8.80. The van der Waals surface area contributed by atoms with Gasteiger partial charge < -0.3 is 15.2 Å². The lowest BCUT2D eigenvalue weighted by Crippen LogP contribution is -2.25. The van der Waals surface area contributed by atoms with Gasteiger partial charge in [-0.2, -0.15) is 0 Å². The van der Waals surface area contributed by atoms with Gasteiger partial charge in [0.15, 0.2) is 0 Å². The third-order valence-corrected chi connectivity index (χ3v) is 4.84. The molecule has 31 heavy (non-hydrogen) atoms. The summed E-state index contributed by atoms with van der Waals surface area (Å²) in [7, 11) is -3.59. The van der Waals surface area contributed by atoms with Crippen molar-refractivity contribution in [2.24, 2.45) is 0 Å². The highest BCUT2D eigenvalue weighted by molar-refractivity contribution is 7.92. The maximum absolute atomic E-state index is 12.8. The molecule has 3 aromatic rings. The third-order valence-electron chi connectivity index (χ3n) is 4.25. The van der Waals surface area contributed by atoms with E-state index >= 15 is 0 Å². The molecule has 9 nitrogen and oxygen atoms in total. The van der Waals surface area contributed by atoms with Gasteiger partial charge in [0.25, 0.3) is 5.91 Å². The number of hydrogen-bond donors (Lipinski definition) is 3. The number of imidazole rings is 1. The van der Waals surface area contributed by atoms with Gasteiger partial charge in [0.2, 0.25) is 15.9 Å². The number of rotatable bonds is 8. The molecule has 162 valence electrons. The first-order chi connectivity index (χ1) is 14.7. The second-order valence-electron chi connectivity index (χ2n) is 7.05. The molecule has 0 atom stereocenters. The molecule has 2 aromatic carbocycles. The van der Waals surface area contributed by atoms with Gasteiger partial charge in [-0.3, -0.25) is 14.3 Å². The minimum Gasteiger partial charge on any atom is -0.348 e. The number of amides is 2. The molecule has 10 heteroatoms. The van der Waals surface area contributed by atoms with E-state index in [9.17, 15) is 18.0 Å². The lowest BCUT2D eigenvalue weighted by molar-refractivity contribution is -0.114. The summed E-state index contributed by atoms with van der Waals surface area (Å²) in [6.07, 6.45) is 6.31. The number of hydrogen-bond acceptors (Lipinski definition) is 5. The van der Waals surface area contributed by atoms with E-state index in [-0.39, 0.29) is 23.7 Å². The molecule has 0 radical (unpaired) electrons. The summed E-state index contributed by atoms with van der Waals surface area (Å²) >= 11 is 0. The Morgan fingerprint density at radius 2 is 1.87 bits per heavy atom. The molecule has 0 unspecified atom stereocenters. The Bertz CT molecular complexity index is 1190. The van der Waals surface area contributed by atoms with E-state index in [4.69, 9.17) is 0 Å². The van der Waals surface area contributed by atoms with Gasteiger partial charge in [0.1, 0.15) is 0 Å². The second kappa shape index (κ2) is 9.43. The molecule has 1 aromatic heterocycles. The smallest absolute Gasteiger partial charge is 0.253 e. The lowest BCUT2D eigenvalue weighted by Gasteiger charge is -2.14. The number of benzene rings is 2. The first kappa shape index (κ1) is 22.0. The van der Waals surface area contributed by atoms with Crippen LogP contribution in [-0.4, -0.2) is 36.0 Å². The van der Waals surface area contributed by atoms with E-state index in [0.29, 0.717) is 12.2 Å². The summed E-state index contributed by atoms with van der Waals surface area (Å²) < 4.78 is 27.6. The van der Waals surface area contributed by atoms with Crippen LogP contribution in [0.4, 0.5) is 11.4 Å². The molecule has 0 bridgehead atoms. The molecular weight excluding hydrogens is 418 g/mol. The van der Waals surface area contributed by atoms with Crippen LogP contribution < -0.4 is 15.4 Å². The van der Waals surface area contributed by atoms with E-state index in [0.717, 1.165) is 17.4 Å². The fourth-order valence-corrected chi connectivity index (χ4v) is 3.59. The van der Waals surface area contributed by atoms with E-state index in [1.54, 1.807) is 12.5 Å². The van der Waals surface area contributed by atoms with Crippen LogP contribution >= 0.6 is 0 Å². The fraction of sp³-hybridized carbons (Fsp3) is 0.190. The highest BCUT2D eigenvalue weighted by Crippen LogP contribution is 2.22. The van der Waals surface area contributed by atoms with Crippen LogP contribution in [0.5, 0.6) is 0 Å². The fourth-order valence-electron chi connectivity index (χ4n) is 3.01. The monoisotopic (exact) mass is 441 g/mol. The third kappa shape index (κ3) is 6.68. The van der Waals surface area contributed by atoms with Crippen LogP contribution in [0.25, 0.3) is 0 Å². The Hall–Kier alpha value is -3.66. The van der Waals surface area contributed by atoms with Gasteiger partial charge in [0, 0.05) is 38.1 Å². The highest BCUT2D eigenvalue weighted by Gasteiger charge is 2.15. The maximum Gasteiger partial charge on any atom is 0.253 e. The van der Waals surface area contributed by atoms with Crippen LogP contribution in [0, 0.1) is 0 Å². The van der Waals surface area contributed by atoms with Crippen LogP contribution in [0.15, 0.2) is 61.2 Å². The normalized spacial score (nSPS) is 11.0. The zero-order valence-corrected chi connectivity index (χ0v) is 17.9. The SMILES string of the molecule is CC(=O)Nc1ccc(NS(C)(=O)=O)c(C(=O)NCc2cccc(Cn3ccnc3)c2)c1.